The number of hydrogen-bond acceptors (Lipinski definition) is 3. The van der Waals surface area contributed by atoms with Crippen LogP contribution in [0.25, 0.3) is 0 Å². The zero-order chi connectivity index (χ0) is 16.6. The summed E-state index contributed by atoms with van der Waals surface area (Å²) >= 11 is 0. The van der Waals surface area contributed by atoms with Crippen LogP contribution in [0.3, 0.4) is 0 Å². The van der Waals surface area contributed by atoms with Crippen LogP contribution in [0.15, 0.2) is 24.3 Å². The normalized spacial score (nSPS) is 11.8. The van der Waals surface area contributed by atoms with E-state index < -0.39 is 14.0 Å². The number of nitriles is 1. The van der Waals surface area contributed by atoms with Gasteiger partial charge < -0.3 is 4.74 Å². The molecule has 116 valence electrons. The fraction of sp³-hybridized carbons (Fsp3) is 0.444. The highest BCUT2D eigenvalue weighted by Crippen LogP contribution is 2.18. The Labute approximate surface area is 134 Å². The first-order chi connectivity index (χ1) is 10.4. The van der Waals surface area contributed by atoms with E-state index in [-0.39, 0.29) is 5.78 Å². The second kappa shape index (κ2) is 8.41. The molecule has 1 aromatic carbocycles. The first-order valence-corrected chi connectivity index (χ1v) is 11.0. The average Bonchev–Trinajstić information content (AvgIpc) is 2.49. The van der Waals surface area contributed by atoms with Crippen molar-refractivity contribution in [1.29, 1.82) is 5.26 Å². The number of rotatable bonds is 6. The number of Topliss-reactive ketones (excluding diaryl/α,β-unsaturated/α-hetero) is 1. The average molecular weight is 313 g/mol. The van der Waals surface area contributed by atoms with Gasteiger partial charge in [0.05, 0.1) is 13.2 Å². The van der Waals surface area contributed by atoms with Gasteiger partial charge >= 0.3 is 0 Å². The molecule has 0 bridgehead atoms. The summed E-state index contributed by atoms with van der Waals surface area (Å²) < 4.78 is 5.07. The molecule has 0 aliphatic heterocycles. The highest BCUT2D eigenvalue weighted by molar-refractivity contribution is 6.83. The van der Waals surface area contributed by atoms with E-state index in [1.54, 1.807) is 31.4 Å². The van der Waals surface area contributed by atoms with Crippen molar-refractivity contribution in [3.8, 4) is 23.3 Å². The number of hydrogen-bond donors (Lipinski definition) is 0. The standard InChI is InChI=1S/C18H23NO2Si/c1-21-17-11-9-15(10-12-17)18(20)16(14-19)8-6-5-7-13-22(2,3)4/h9-12,16H,5-6,8H2,1-4H3. The van der Waals surface area contributed by atoms with Crippen LogP contribution in [0.5, 0.6) is 5.75 Å². The first kappa shape index (κ1) is 18.0. The molecule has 0 aliphatic rings. The van der Waals surface area contributed by atoms with E-state index in [2.05, 4.69) is 37.2 Å². The predicted octanol–water partition coefficient (Wildman–Crippen LogP) is 4.07. The molecular weight excluding hydrogens is 290 g/mol. The monoisotopic (exact) mass is 313 g/mol. The SMILES string of the molecule is COc1ccc(C(=O)C(C#N)CCCC#C[Si](C)(C)C)cc1. The van der Waals surface area contributed by atoms with Gasteiger partial charge in [-0.15, -0.1) is 11.5 Å². The minimum atomic E-state index is -1.33. The van der Waals surface area contributed by atoms with Crippen LogP contribution in [-0.4, -0.2) is 21.0 Å². The maximum absolute atomic E-state index is 12.3. The van der Waals surface area contributed by atoms with Crippen LogP contribution < -0.4 is 4.74 Å². The molecule has 0 saturated heterocycles. The smallest absolute Gasteiger partial charge is 0.179 e. The number of ketones is 1. The summed E-state index contributed by atoms with van der Waals surface area (Å²) in [6.07, 6.45) is 2.08. The maximum atomic E-state index is 12.3. The Hall–Kier alpha value is -2.04. The molecule has 0 fully saturated rings. The fourth-order valence-corrected chi connectivity index (χ4v) is 2.59. The van der Waals surface area contributed by atoms with Crippen LogP contribution >= 0.6 is 0 Å². The summed E-state index contributed by atoms with van der Waals surface area (Å²) in [4.78, 5) is 12.3. The molecule has 0 saturated carbocycles. The van der Waals surface area contributed by atoms with Crippen molar-refractivity contribution < 1.29 is 9.53 Å². The quantitative estimate of drug-likeness (QED) is 0.344. The number of carbonyl (C=O) groups is 1. The van der Waals surface area contributed by atoms with Crippen molar-refractivity contribution in [1.82, 2.24) is 0 Å². The molecule has 0 aliphatic carbocycles. The maximum Gasteiger partial charge on any atom is 0.179 e. The van der Waals surface area contributed by atoms with Gasteiger partial charge in [0.15, 0.2) is 5.78 Å². The molecule has 1 unspecified atom stereocenters. The number of methoxy groups -OCH3 is 1. The summed E-state index contributed by atoms with van der Waals surface area (Å²) in [5.41, 5.74) is 3.85. The molecule has 1 rings (SSSR count). The Balaban J connectivity index is 2.57. The second-order valence-corrected chi connectivity index (χ2v) is 11.0. The minimum Gasteiger partial charge on any atom is -0.497 e. The van der Waals surface area contributed by atoms with E-state index in [9.17, 15) is 10.1 Å². The summed E-state index contributed by atoms with van der Waals surface area (Å²) in [5, 5.41) is 9.22. The Morgan fingerprint density at radius 3 is 2.41 bits per heavy atom. The van der Waals surface area contributed by atoms with E-state index in [0.29, 0.717) is 17.7 Å². The van der Waals surface area contributed by atoms with Crippen molar-refractivity contribution in [3.63, 3.8) is 0 Å². The zero-order valence-corrected chi connectivity index (χ0v) is 14.8. The van der Waals surface area contributed by atoms with Gasteiger partial charge in [-0.25, -0.2) is 0 Å². The van der Waals surface area contributed by atoms with Crippen molar-refractivity contribution in [2.24, 2.45) is 5.92 Å². The Morgan fingerprint density at radius 2 is 1.91 bits per heavy atom. The third kappa shape index (κ3) is 6.16. The van der Waals surface area contributed by atoms with Gasteiger partial charge in [-0.3, -0.25) is 4.79 Å². The fourth-order valence-electron chi connectivity index (χ4n) is 1.93. The van der Waals surface area contributed by atoms with E-state index in [4.69, 9.17) is 4.74 Å². The van der Waals surface area contributed by atoms with E-state index in [1.807, 2.05) is 0 Å². The topological polar surface area (TPSA) is 50.1 Å². The van der Waals surface area contributed by atoms with Gasteiger partial charge in [-0.1, -0.05) is 19.6 Å². The van der Waals surface area contributed by atoms with Crippen LogP contribution in [0, 0.1) is 28.7 Å². The second-order valence-electron chi connectivity index (χ2n) is 6.22. The summed E-state index contributed by atoms with van der Waals surface area (Å²) in [6, 6.07) is 9.00. The Kier molecular flexibility index (Phi) is 6.89. The van der Waals surface area contributed by atoms with Gasteiger partial charge in [0.2, 0.25) is 0 Å². The van der Waals surface area contributed by atoms with Crippen LogP contribution in [0.1, 0.15) is 29.6 Å². The largest absolute Gasteiger partial charge is 0.497 e. The number of nitrogens with zero attached hydrogens (tertiary/aromatic N) is 1. The lowest BCUT2D eigenvalue weighted by Gasteiger charge is -2.08. The molecule has 1 aromatic rings. The van der Waals surface area contributed by atoms with Gasteiger partial charge in [0.1, 0.15) is 19.7 Å². The lowest BCUT2D eigenvalue weighted by Crippen LogP contribution is -2.16. The molecule has 3 nitrogen and oxygen atoms in total. The molecule has 0 heterocycles. The third-order valence-electron chi connectivity index (χ3n) is 3.10. The van der Waals surface area contributed by atoms with E-state index in [0.717, 1.165) is 12.8 Å². The van der Waals surface area contributed by atoms with Crippen molar-refractivity contribution in [2.75, 3.05) is 7.11 Å². The lowest BCUT2D eigenvalue weighted by atomic mass is 9.94. The van der Waals surface area contributed by atoms with Crippen molar-refractivity contribution >= 4 is 13.9 Å². The Morgan fingerprint density at radius 1 is 1.27 bits per heavy atom. The van der Waals surface area contributed by atoms with Crippen LogP contribution in [-0.2, 0) is 0 Å². The molecule has 22 heavy (non-hydrogen) atoms. The third-order valence-corrected chi connectivity index (χ3v) is 4.03. The lowest BCUT2D eigenvalue weighted by molar-refractivity contribution is 0.0943. The first-order valence-electron chi connectivity index (χ1n) is 7.45. The molecule has 0 N–H and O–H groups in total. The number of benzene rings is 1. The minimum absolute atomic E-state index is 0.122. The predicted molar refractivity (Wildman–Crippen MR) is 91.4 cm³/mol. The highest BCUT2D eigenvalue weighted by atomic mass is 28.3. The van der Waals surface area contributed by atoms with E-state index in [1.165, 1.54) is 0 Å². The molecule has 0 amide bonds. The van der Waals surface area contributed by atoms with Gasteiger partial charge in [-0.2, -0.15) is 5.26 Å². The van der Waals surface area contributed by atoms with Gasteiger partial charge in [-0.05, 0) is 37.1 Å². The van der Waals surface area contributed by atoms with Crippen molar-refractivity contribution in [3.05, 3.63) is 29.8 Å². The number of ether oxygens (including phenoxy) is 1. The Bertz CT molecular complexity index is 597. The van der Waals surface area contributed by atoms with Gasteiger partial charge in [0.25, 0.3) is 0 Å². The van der Waals surface area contributed by atoms with Crippen molar-refractivity contribution in [2.45, 2.75) is 38.9 Å². The van der Waals surface area contributed by atoms with Gasteiger partial charge in [0, 0.05) is 12.0 Å². The summed E-state index contributed by atoms with van der Waals surface area (Å²) in [6.45, 7) is 6.60. The highest BCUT2D eigenvalue weighted by Gasteiger charge is 2.19. The molecule has 0 spiro atoms. The van der Waals surface area contributed by atoms with Crippen LogP contribution in [0.2, 0.25) is 19.6 Å². The summed E-state index contributed by atoms with van der Waals surface area (Å²) in [5.74, 6) is 3.16. The zero-order valence-electron chi connectivity index (χ0n) is 13.8. The van der Waals surface area contributed by atoms with Crippen LogP contribution in [0.4, 0.5) is 0 Å². The molecule has 0 radical (unpaired) electrons. The number of unbranched alkanes of at least 4 members (excludes halogenated alkanes) is 1. The molecule has 1 atom stereocenters. The van der Waals surface area contributed by atoms with E-state index >= 15 is 0 Å². The summed E-state index contributed by atoms with van der Waals surface area (Å²) in [7, 11) is 0.249. The molecule has 0 aromatic heterocycles. The molecular formula is C18H23NO2Si. The molecule has 4 heteroatoms. The number of carbonyl (C=O) groups excluding carboxylic acids is 1.